The van der Waals surface area contributed by atoms with Gasteiger partial charge in [0, 0.05) is 7.05 Å². The number of carbonyl (C=O) groups is 1. The van der Waals surface area contributed by atoms with Crippen LogP contribution >= 0.6 is 0 Å². The van der Waals surface area contributed by atoms with Gasteiger partial charge < -0.3 is 5.32 Å². The first kappa shape index (κ1) is 19.4. The number of hydrogen-bond donors (Lipinski definition) is 1. The zero-order chi connectivity index (χ0) is 21.4. The molecule has 0 aliphatic carbocycles. The minimum absolute atomic E-state index is 0.172. The number of para-hydroxylation sites is 1. The van der Waals surface area contributed by atoms with E-state index in [9.17, 15) is 9.59 Å². The second-order valence-corrected chi connectivity index (χ2v) is 7.16. The average molecular weight is 402 g/mol. The molecule has 0 spiro atoms. The number of amides is 1. The topological polar surface area (TPSA) is 86.7 Å². The van der Waals surface area contributed by atoms with Crippen molar-refractivity contribution in [2.24, 2.45) is 7.05 Å². The molecular formula is C22H22N6O2. The fourth-order valence-corrected chi connectivity index (χ4v) is 3.43. The summed E-state index contributed by atoms with van der Waals surface area (Å²) in [4.78, 5) is 25.9. The first-order chi connectivity index (χ1) is 14.4. The van der Waals surface area contributed by atoms with Crippen LogP contribution in [0.5, 0.6) is 0 Å². The number of nitrogens with one attached hydrogen (secondary N) is 1. The van der Waals surface area contributed by atoms with Crippen molar-refractivity contribution in [2.45, 2.75) is 20.8 Å². The van der Waals surface area contributed by atoms with Crippen molar-refractivity contribution in [1.29, 1.82) is 0 Å². The Balaban J connectivity index is 1.68. The van der Waals surface area contributed by atoms with Gasteiger partial charge in [0.15, 0.2) is 5.69 Å². The van der Waals surface area contributed by atoms with Crippen molar-refractivity contribution in [2.75, 3.05) is 5.32 Å². The Morgan fingerprint density at radius 2 is 1.63 bits per heavy atom. The lowest BCUT2D eigenvalue weighted by molar-refractivity contribution is 0.102. The van der Waals surface area contributed by atoms with Crippen LogP contribution in [0, 0.1) is 20.8 Å². The van der Waals surface area contributed by atoms with E-state index in [1.54, 1.807) is 30.3 Å². The van der Waals surface area contributed by atoms with Crippen molar-refractivity contribution < 1.29 is 4.79 Å². The lowest BCUT2D eigenvalue weighted by Crippen LogP contribution is -2.23. The van der Waals surface area contributed by atoms with Gasteiger partial charge in [0.25, 0.3) is 11.5 Å². The fraction of sp³-hybridized carbons (Fsp3) is 0.182. The van der Waals surface area contributed by atoms with E-state index in [0.29, 0.717) is 11.4 Å². The fourth-order valence-electron chi connectivity index (χ4n) is 3.43. The van der Waals surface area contributed by atoms with Gasteiger partial charge >= 0.3 is 0 Å². The molecule has 0 aliphatic heterocycles. The van der Waals surface area contributed by atoms with Gasteiger partial charge in [-0.15, -0.1) is 5.10 Å². The molecule has 30 heavy (non-hydrogen) atoms. The number of anilines is 1. The highest BCUT2D eigenvalue weighted by molar-refractivity contribution is 6.03. The molecule has 8 heteroatoms. The predicted octanol–water partition coefficient (Wildman–Crippen LogP) is 2.93. The number of hydrogen-bond acceptors (Lipinski definition) is 4. The van der Waals surface area contributed by atoms with Gasteiger partial charge in [0.05, 0.1) is 22.8 Å². The van der Waals surface area contributed by atoms with E-state index in [-0.39, 0.29) is 16.9 Å². The first-order valence-electron chi connectivity index (χ1n) is 9.53. The van der Waals surface area contributed by atoms with Crippen LogP contribution in [0.25, 0.3) is 11.4 Å². The van der Waals surface area contributed by atoms with Crippen molar-refractivity contribution in [1.82, 2.24) is 24.4 Å². The van der Waals surface area contributed by atoms with Crippen molar-refractivity contribution in [3.05, 3.63) is 87.6 Å². The van der Waals surface area contributed by atoms with Gasteiger partial charge in [0.1, 0.15) is 5.69 Å². The summed E-state index contributed by atoms with van der Waals surface area (Å²) >= 11 is 0. The lowest BCUT2D eigenvalue weighted by Gasteiger charge is -2.07. The van der Waals surface area contributed by atoms with Crippen LogP contribution in [-0.2, 0) is 7.05 Å². The van der Waals surface area contributed by atoms with Gasteiger partial charge in [-0.05, 0) is 50.6 Å². The standard InChI is InChI=1S/C22H22N6O2/c1-14-9-8-12-18(13-14)27-16(3)19(24-25-27)21(29)23-20-15(2)26(4)28(22(20)30)17-10-6-5-7-11-17/h5-13H,1-4H3,(H,23,29). The van der Waals surface area contributed by atoms with E-state index in [4.69, 9.17) is 0 Å². The van der Waals surface area contributed by atoms with E-state index in [0.717, 1.165) is 16.9 Å². The summed E-state index contributed by atoms with van der Waals surface area (Å²) in [5.41, 5.74) is 3.93. The van der Waals surface area contributed by atoms with Gasteiger partial charge in [-0.25, -0.2) is 9.36 Å². The number of aryl methyl sites for hydroxylation is 1. The Morgan fingerprint density at radius 3 is 2.33 bits per heavy atom. The smallest absolute Gasteiger partial charge is 0.295 e. The Hall–Kier alpha value is -3.94. The molecule has 4 aromatic rings. The highest BCUT2D eigenvalue weighted by Gasteiger charge is 2.22. The summed E-state index contributed by atoms with van der Waals surface area (Å²) < 4.78 is 4.84. The minimum atomic E-state index is -0.475. The summed E-state index contributed by atoms with van der Waals surface area (Å²) in [6.07, 6.45) is 0. The van der Waals surface area contributed by atoms with Crippen molar-refractivity contribution in [3.8, 4) is 11.4 Å². The number of aromatic nitrogens is 5. The van der Waals surface area contributed by atoms with Gasteiger partial charge in [0.2, 0.25) is 0 Å². The van der Waals surface area contributed by atoms with Crippen LogP contribution < -0.4 is 10.9 Å². The van der Waals surface area contributed by atoms with E-state index >= 15 is 0 Å². The second-order valence-electron chi connectivity index (χ2n) is 7.16. The maximum absolute atomic E-state index is 13.0. The zero-order valence-corrected chi connectivity index (χ0v) is 17.2. The molecule has 0 bridgehead atoms. The number of benzene rings is 2. The second kappa shape index (κ2) is 7.47. The number of nitrogens with zero attached hydrogens (tertiary/aromatic N) is 5. The summed E-state index contributed by atoms with van der Waals surface area (Å²) in [7, 11) is 1.78. The van der Waals surface area contributed by atoms with Crippen molar-refractivity contribution >= 4 is 11.6 Å². The number of carbonyl (C=O) groups excluding carboxylic acids is 1. The molecule has 0 saturated heterocycles. The van der Waals surface area contributed by atoms with Gasteiger partial charge in [-0.3, -0.25) is 14.3 Å². The van der Waals surface area contributed by atoms with Crippen LogP contribution in [0.1, 0.15) is 27.4 Å². The molecule has 1 N–H and O–H groups in total. The van der Waals surface area contributed by atoms with Crippen LogP contribution in [0.4, 0.5) is 5.69 Å². The summed E-state index contributed by atoms with van der Waals surface area (Å²) in [6.45, 7) is 5.55. The maximum Gasteiger partial charge on any atom is 0.295 e. The van der Waals surface area contributed by atoms with E-state index in [1.807, 2.05) is 61.5 Å². The molecule has 152 valence electrons. The highest BCUT2D eigenvalue weighted by Crippen LogP contribution is 2.17. The summed E-state index contributed by atoms with van der Waals surface area (Å²) in [5, 5.41) is 10.9. The molecule has 0 radical (unpaired) electrons. The molecule has 0 fully saturated rings. The Bertz CT molecular complexity index is 1300. The van der Waals surface area contributed by atoms with Crippen LogP contribution in [0.15, 0.2) is 59.4 Å². The molecule has 0 saturated carbocycles. The quantitative estimate of drug-likeness (QED) is 0.569. The van der Waals surface area contributed by atoms with Gasteiger partial charge in [-0.1, -0.05) is 35.5 Å². The van der Waals surface area contributed by atoms with Crippen LogP contribution in [0.3, 0.4) is 0 Å². The van der Waals surface area contributed by atoms with Crippen LogP contribution in [-0.4, -0.2) is 30.3 Å². The minimum Gasteiger partial charge on any atom is -0.314 e. The molecule has 0 aliphatic rings. The van der Waals surface area contributed by atoms with Crippen molar-refractivity contribution in [3.63, 3.8) is 0 Å². The third-order valence-corrected chi connectivity index (χ3v) is 5.15. The molecule has 2 heterocycles. The van der Waals surface area contributed by atoms with Gasteiger partial charge in [-0.2, -0.15) is 0 Å². The third-order valence-electron chi connectivity index (χ3n) is 5.15. The van der Waals surface area contributed by atoms with E-state index in [2.05, 4.69) is 15.6 Å². The molecule has 0 unspecified atom stereocenters. The predicted molar refractivity (Wildman–Crippen MR) is 115 cm³/mol. The normalized spacial score (nSPS) is 10.9. The molecule has 2 aromatic carbocycles. The largest absolute Gasteiger partial charge is 0.314 e. The van der Waals surface area contributed by atoms with Crippen LogP contribution in [0.2, 0.25) is 0 Å². The third kappa shape index (κ3) is 3.22. The average Bonchev–Trinajstić information content (AvgIpc) is 3.22. The van der Waals surface area contributed by atoms with E-state index < -0.39 is 5.91 Å². The molecular weight excluding hydrogens is 380 g/mol. The Kier molecular flexibility index (Phi) is 4.83. The lowest BCUT2D eigenvalue weighted by atomic mass is 10.2. The molecule has 2 aromatic heterocycles. The SMILES string of the molecule is Cc1cccc(-n2nnc(C(=O)Nc3c(C)n(C)n(-c4ccccc4)c3=O)c2C)c1. The van der Waals surface area contributed by atoms with E-state index in [1.165, 1.54) is 4.68 Å². The number of rotatable bonds is 4. The summed E-state index contributed by atoms with van der Waals surface area (Å²) in [5.74, 6) is -0.475. The molecule has 1 amide bonds. The monoisotopic (exact) mass is 402 g/mol. The summed E-state index contributed by atoms with van der Waals surface area (Å²) in [6, 6.07) is 17.0. The Labute approximate surface area is 173 Å². The molecule has 0 atom stereocenters. The maximum atomic E-state index is 13.0. The molecule has 8 nitrogen and oxygen atoms in total. The zero-order valence-electron chi connectivity index (χ0n) is 17.2. The molecule has 4 rings (SSSR count). The highest BCUT2D eigenvalue weighted by atomic mass is 16.2. The first-order valence-corrected chi connectivity index (χ1v) is 9.53. The Morgan fingerprint density at radius 1 is 0.933 bits per heavy atom.